The summed E-state index contributed by atoms with van der Waals surface area (Å²) in [5, 5.41) is 12.5. The first kappa shape index (κ1) is 30.9. The van der Waals surface area contributed by atoms with Crippen LogP contribution in [-0.2, 0) is 28.7 Å². The Balaban J connectivity index is 1.56. The summed E-state index contributed by atoms with van der Waals surface area (Å²) in [6.07, 6.45) is 9.80. The van der Waals surface area contributed by atoms with E-state index in [9.17, 15) is 24.3 Å². The van der Waals surface area contributed by atoms with Gasteiger partial charge in [-0.05, 0) is 38.2 Å². The van der Waals surface area contributed by atoms with Gasteiger partial charge in [-0.1, -0.05) is 68.0 Å². The molecule has 2 N–H and O–H groups in total. The summed E-state index contributed by atoms with van der Waals surface area (Å²) in [6.45, 7) is 4.70. The third-order valence-electron chi connectivity index (χ3n) is 9.14. The minimum atomic E-state index is -1.33. The van der Waals surface area contributed by atoms with Crippen molar-refractivity contribution in [3.8, 4) is 0 Å². The van der Waals surface area contributed by atoms with Crippen LogP contribution in [0.4, 0.5) is 0 Å². The molecule has 2 fully saturated rings. The van der Waals surface area contributed by atoms with E-state index in [1.165, 1.54) is 0 Å². The summed E-state index contributed by atoms with van der Waals surface area (Å²) < 4.78 is 12.3. The van der Waals surface area contributed by atoms with Crippen molar-refractivity contribution in [2.45, 2.75) is 82.2 Å². The van der Waals surface area contributed by atoms with Gasteiger partial charge in [-0.15, -0.1) is 0 Å². The molecule has 2 saturated heterocycles. The fourth-order valence-corrected chi connectivity index (χ4v) is 7.06. The van der Waals surface area contributed by atoms with Crippen LogP contribution in [-0.4, -0.2) is 88.7 Å². The molecule has 10 heteroatoms. The van der Waals surface area contributed by atoms with Gasteiger partial charge >= 0.3 is 5.97 Å². The van der Waals surface area contributed by atoms with Gasteiger partial charge in [0.1, 0.15) is 18.2 Å². The first-order valence-corrected chi connectivity index (χ1v) is 15.6. The van der Waals surface area contributed by atoms with Gasteiger partial charge in [-0.2, -0.15) is 0 Å². The minimum Gasteiger partial charge on any atom is -0.463 e. The molecule has 4 aliphatic heterocycles. The van der Waals surface area contributed by atoms with Crippen molar-refractivity contribution in [1.29, 1.82) is 0 Å². The summed E-state index contributed by atoms with van der Waals surface area (Å²) in [5.41, 5.74) is -0.562. The van der Waals surface area contributed by atoms with Crippen molar-refractivity contribution in [3.05, 3.63) is 60.2 Å². The number of likely N-dealkylation sites (tertiary alicyclic amines) is 1. The molecule has 1 spiro atoms. The number of esters is 1. The Hall–Kier alpha value is -3.50. The van der Waals surface area contributed by atoms with Crippen LogP contribution < -0.4 is 5.32 Å². The van der Waals surface area contributed by atoms with Crippen molar-refractivity contribution in [2.75, 3.05) is 26.3 Å². The van der Waals surface area contributed by atoms with Gasteiger partial charge in [-0.3, -0.25) is 19.2 Å². The number of ether oxygens (including phenoxy) is 2. The lowest BCUT2D eigenvalue weighted by Crippen LogP contribution is -2.56. The van der Waals surface area contributed by atoms with E-state index >= 15 is 0 Å². The van der Waals surface area contributed by atoms with E-state index in [1.807, 2.05) is 54.3 Å². The second-order valence-electron chi connectivity index (χ2n) is 12.0. The number of amides is 3. The molecule has 3 amide bonds. The number of carbonyl (C=O) groups is 4. The first-order chi connectivity index (χ1) is 20.8. The minimum absolute atomic E-state index is 0.0192. The lowest BCUT2D eigenvalue weighted by atomic mass is 9.77. The van der Waals surface area contributed by atoms with Crippen LogP contribution in [0.3, 0.4) is 0 Å². The highest BCUT2D eigenvalue weighted by atomic mass is 16.5. The number of nitrogens with one attached hydrogen (secondary N) is 1. The average Bonchev–Trinajstić information content (AvgIpc) is 3.37. The summed E-state index contributed by atoms with van der Waals surface area (Å²) >= 11 is 0. The molecule has 0 radical (unpaired) electrons. The number of cyclic esters (lactones) is 1. The number of nitrogens with zero attached hydrogens (tertiary/aromatic N) is 2. The molecular formula is C33H43N3O7. The number of allylic oxidation sites excluding steroid dienone is 1. The molecule has 0 aromatic heterocycles. The number of rotatable bonds is 8. The summed E-state index contributed by atoms with van der Waals surface area (Å²) in [7, 11) is 0. The number of unbranched alkanes of at least 4 members (excludes halogenated alkanes) is 1. The molecule has 0 saturated carbocycles. The number of hydrogen-bond acceptors (Lipinski definition) is 7. The molecule has 1 unspecified atom stereocenters. The molecule has 0 aliphatic carbocycles. The topological polar surface area (TPSA) is 125 Å². The van der Waals surface area contributed by atoms with E-state index < -0.39 is 41.5 Å². The van der Waals surface area contributed by atoms with Crippen molar-refractivity contribution in [1.82, 2.24) is 15.1 Å². The summed E-state index contributed by atoms with van der Waals surface area (Å²) in [6, 6.07) is 7.68. The van der Waals surface area contributed by atoms with Crippen molar-refractivity contribution >= 4 is 23.7 Å². The largest absolute Gasteiger partial charge is 0.463 e. The molecule has 1 aromatic carbocycles. The van der Waals surface area contributed by atoms with E-state index in [0.717, 1.165) is 18.4 Å². The van der Waals surface area contributed by atoms with E-state index in [4.69, 9.17) is 9.47 Å². The zero-order valence-electron chi connectivity index (χ0n) is 25.0. The van der Waals surface area contributed by atoms with Crippen LogP contribution in [0.25, 0.3) is 0 Å². The number of hydrogen-bond donors (Lipinski definition) is 2. The van der Waals surface area contributed by atoms with E-state index in [0.29, 0.717) is 25.8 Å². The van der Waals surface area contributed by atoms with Crippen LogP contribution in [0.2, 0.25) is 0 Å². The van der Waals surface area contributed by atoms with Crippen LogP contribution in [0, 0.1) is 11.8 Å². The standard InChI is InChI=1S/C33H43N3O7/c1-3-12-22(2)35-19-11-17-33-28(31(40)36(18-9-10-20-37)29(33)32(35)41)27-25(43-33)15-7-8-16-26(38)42-21-24(34-30(27)39)23-13-5-4-6-14-23/h4-7,11,13-15,17,22,24-25,27-29,37H,3,8-10,12,16,18-21H2,1-2H3,(H,34,39)/b15-7-/t22?,24-,25+,27-,28-,29+,33-/m1/s1. The lowest BCUT2D eigenvalue weighted by molar-refractivity contribution is -0.149. The fourth-order valence-electron chi connectivity index (χ4n) is 7.06. The molecule has 43 heavy (non-hydrogen) atoms. The van der Waals surface area contributed by atoms with Crippen LogP contribution in [0.15, 0.2) is 54.6 Å². The van der Waals surface area contributed by atoms with E-state index in [2.05, 4.69) is 12.2 Å². The molecule has 4 heterocycles. The number of aliphatic hydroxyl groups excluding tert-OH is 1. The van der Waals surface area contributed by atoms with Gasteiger partial charge < -0.3 is 29.7 Å². The molecule has 4 aliphatic rings. The Bertz CT molecular complexity index is 1250. The maximum absolute atomic E-state index is 14.4. The Morgan fingerprint density at radius 2 is 1.88 bits per heavy atom. The smallest absolute Gasteiger partial charge is 0.306 e. The second-order valence-corrected chi connectivity index (χ2v) is 12.0. The Labute approximate surface area is 253 Å². The molecule has 1 aromatic rings. The Morgan fingerprint density at radius 1 is 1.09 bits per heavy atom. The fraction of sp³-hybridized carbons (Fsp3) is 0.576. The second kappa shape index (κ2) is 13.4. The van der Waals surface area contributed by atoms with Crippen molar-refractivity contribution in [2.24, 2.45) is 11.8 Å². The molecule has 7 atom stereocenters. The lowest BCUT2D eigenvalue weighted by Gasteiger charge is -2.37. The average molecular weight is 594 g/mol. The van der Waals surface area contributed by atoms with Gasteiger partial charge in [0.05, 0.1) is 24.0 Å². The maximum Gasteiger partial charge on any atom is 0.306 e. The zero-order chi connectivity index (χ0) is 30.6. The SMILES string of the molecule is CCCC(C)N1CC=C[C@@]23O[C@H]4/C=C\CCC(=O)OC[C@H](c5ccccc5)NC(=O)[C@H]4[C@@H]2C(=O)N(CCCCO)[C@H]3C1=O. The van der Waals surface area contributed by atoms with E-state index in [-0.39, 0.29) is 50.0 Å². The highest BCUT2D eigenvalue weighted by molar-refractivity contribution is 5.99. The van der Waals surface area contributed by atoms with Gasteiger partial charge in [-0.25, -0.2) is 0 Å². The number of aliphatic hydroxyl groups is 1. The third-order valence-corrected chi connectivity index (χ3v) is 9.14. The summed E-state index contributed by atoms with van der Waals surface area (Å²) in [5.74, 6) is -3.08. The number of carbonyl (C=O) groups excluding carboxylic acids is 4. The predicted molar refractivity (Wildman–Crippen MR) is 158 cm³/mol. The predicted octanol–water partition coefficient (Wildman–Crippen LogP) is 2.68. The molecule has 10 nitrogen and oxygen atoms in total. The van der Waals surface area contributed by atoms with Crippen LogP contribution in [0.1, 0.15) is 64.0 Å². The monoisotopic (exact) mass is 593 g/mol. The molecule has 5 rings (SSSR count). The van der Waals surface area contributed by atoms with Crippen molar-refractivity contribution < 1.29 is 33.8 Å². The molecule has 232 valence electrons. The molecular weight excluding hydrogens is 550 g/mol. The highest BCUT2D eigenvalue weighted by Crippen LogP contribution is 2.53. The van der Waals surface area contributed by atoms with Crippen LogP contribution >= 0.6 is 0 Å². The number of fused-ring (bicyclic) bond motifs is 2. The quantitative estimate of drug-likeness (QED) is 0.270. The normalized spacial score (nSPS) is 32.5. The van der Waals surface area contributed by atoms with Crippen LogP contribution in [0.5, 0.6) is 0 Å². The van der Waals surface area contributed by atoms with Gasteiger partial charge in [0.25, 0.3) is 0 Å². The highest BCUT2D eigenvalue weighted by Gasteiger charge is 2.71. The third kappa shape index (κ3) is 5.99. The zero-order valence-corrected chi connectivity index (χ0v) is 25.0. The number of benzene rings is 1. The van der Waals surface area contributed by atoms with Gasteiger partial charge in [0.2, 0.25) is 17.7 Å². The molecule has 0 bridgehead atoms. The van der Waals surface area contributed by atoms with Crippen molar-refractivity contribution in [3.63, 3.8) is 0 Å². The maximum atomic E-state index is 14.4. The summed E-state index contributed by atoms with van der Waals surface area (Å²) in [4.78, 5) is 58.8. The Morgan fingerprint density at radius 3 is 2.63 bits per heavy atom. The van der Waals surface area contributed by atoms with E-state index in [1.54, 1.807) is 17.1 Å². The Kier molecular flexibility index (Phi) is 9.66. The van der Waals surface area contributed by atoms with Gasteiger partial charge in [0.15, 0.2) is 0 Å². The van der Waals surface area contributed by atoms with Gasteiger partial charge in [0, 0.05) is 32.2 Å². The first-order valence-electron chi connectivity index (χ1n) is 15.6.